The van der Waals surface area contributed by atoms with Gasteiger partial charge >= 0.3 is 5.97 Å². The van der Waals surface area contributed by atoms with Gasteiger partial charge in [0.05, 0.1) is 25.6 Å². The van der Waals surface area contributed by atoms with Crippen LogP contribution in [0.3, 0.4) is 0 Å². The van der Waals surface area contributed by atoms with Crippen LogP contribution in [0, 0.1) is 11.8 Å². The fourth-order valence-corrected chi connectivity index (χ4v) is 5.72. The molecule has 0 amide bonds. The van der Waals surface area contributed by atoms with Gasteiger partial charge in [0.1, 0.15) is 24.4 Å². The van der Waals surface area contributed by atoms with Crippen molar-refractivity contribution < 1.29 is 44.2 Å². The fraction of sp³-hybridized carbons (Fsp3) is 0.519. The summed E-state index contributed by atoms with van der Waals surface area (Å²) < 4.78 is 21.9. The summed E-state index contributed by atoms with van der Waals surface area (Å²) >= 11 is 0. The van der Waals surface area contributed by atoms with Crippen LogP contribution >= 0.6 is 0 Å². The maximum Gasteiger partial charge on any atom is 0.337 e. The molecule has 1 fully saturated rings. The SMILES string of the molecule is C=C[C@@H]1[C@@H](OC[C@@H]2O[C@H](O)[C@@H](O)[C@H](O)[C@H]2O)OC=C(C(=O)OC)[C@H]1C[C@H]1NCCc2c1[nH]c1ccccc21. The molecule has 206 valence electrons. The van der Waals surface area contributed by atoms with E-state index in [-0.39, 0.29) is 18.6 Å². The van der Waals surface area contributed by atoms with Crippen molar-refractivity contribution >= 4 is 16.9 Å². The number of fused-ring (bicyclic) bond motifs is 3. The van der Waals surface area contributed by atoms with Gasteiger partial charge in [-0.25, -0.2) is 4.79 Å². The first-order valence-corrected chi connectivity index (χ1v) is 12.7. The number of para-hydroxylation sites is 1. The molecule has 0 radical (unpaired) electrons. The molecule has 5 rings (SSSR count). The van der Waals surface area contributed by atoms with Gasteiger partial charge in [0.2, 0.25) is 6.29 Å². The van der Waals surface area contributed by atoms with Crippen LogP contribution in [0.2, 0.25) is 0 Å². The van der Waals surface area contributed by atoms with Crippen LogP contribution in [0.1, 0.15) is 23.7 Å². The first kappa shape index (κ1) is 26.8. The van der Waals surface area contributed by atoms with E-state index in [1.165, 1.54) is 24.3 Å². The summed E-state index contributed by atoms with van der Waals surface area (Å²) in [4.78, 5) is 16.3. The number of methoxy groups -OCH3 is 1. The van der Waals surface area contributed by atoms with E-state index >= 15 is 0 Å². The average molecular weight is 531 g/mol. The predicted octanol–water partition coefficient (Wildman–Crippen LogP) is 0.393. The Bertz CT molecular complexity index is 1200. The number of benzene rings is 1. The molecule has 2 aromatic rings. The van der Waals surface area contributed by atoms with Crippen LogP contribution in [0.4, 0.5) is 0 Å². The number of nitrogens with one attached hydrogen (secondary N) is 2. The third-order valence-corrected chi connectivity index (χ3v) is 7.76. The minimum Gasteiger partial charge on any atom is -0.471 e. The highest BCUT2D eigenvalue weighted by Gasteiger charge is 2.45. The number of H-pyrrole nitrogens is 1. The van der Waals surface area contributed by atoms with Gasteiger partial charge in [-0.2, -0.15) is 0 Å². The van der Waals surface area contributed by atoms with E-state index in [0.29, 0.717) is 12.0 Å². The summed E-state index contributed by atoms with van der Waals surface area (Å²) in [6.45, 7) is 4.49. The molecule has 1 aromatic carbocycles. The number of rotatable bonds is 7. The van der Waals surface area contributed by atoms with Gasteiger partial charge in [0.25, 0.3) is 0 Å². The van der Waals surface area contributed by atoms with Crippen LogP contribution in [0.15, 0.2) is 48.8 Å². The minimum atomic E-state index is -1.68. The topological polar surface area (TPSA) is 163 Å². The van der Waals surface area contributed by atoms with Crippen LogP contribution in [-0.4, -0.2) is 88.6 Å². The number of esters is 1. The van der Waals surface area contributed by atoms with E-state index in [0.717, 1.165) is 24.2 Å². The molecule has 4 heterocycles. The van der Waals surface area contributed by atoms with Gasteiger partial charge in [-0.1, -0.05) is 24.3 Å². The molecule has 0 saturated carbocycles. The Morgan fingerprint density at radius 2 is 1.97 bits per heavy atom. The maximum atomic E-state index is 12.7. The molecule has 0 bridgehead atoms. The zero-order valence-electron chi connectivity index (χ0n) is 21.0. The molecule has 0 spiro atoms. The molecule has 3 aliphatic heterocycles. The second-order valence-corrected chi connectivity index (χ2v) is 9.91. The Morgan fingerprint density at radius 1 is 1.18 bits per heavy atom. The van der Waals surface area contributed by atoms with E-state index in [4.69, 9.17) is 18.9 Å². The Balaban J connectivity index is 1.37. The molecule has 11 nitrogen and oxygen atoms in total. The zero-order chi connectivity index (χ0) is 27.0. The Hall–Kier alpha value is -2.77. The quantitative estimate of drug-likeness (QED) is 0.218. The number of hydrogen-bond donors (Lipinski definition) is 6. The summed E-state index contributed by atoms with van der Waals surface area (Å²) in [6, 6.07) is 8.08. The van der Waals surface area contributed by atoms with Crippen molar-refractivity contribution in [1.82, 2.24) is 10.3 Å². The molecule has 3 aliphatic rings. The average Bonchev–Trinajstić information content (AvgIpc) is 3.32. The molecule has 0 aliphatic carbocycles. The molecule has 1 saturated heterocycles. The Kier molecular flexibility index (Phi) is 7.87. The summed E-state index contributed by atoms with van der Waals surface area (Å²) in [6.07, 6.45) is -4.01. The van der Waals surface area contributed by atoms with E-state index in [2.05, 4.69) is 22.9 Å². The lowest BCUT2D eigenvalue weighted by molar-refractivity contribution is -0.297. The molecule has 38 heavy (non-hydrogen) atoms. The second-order valence-electron chi connectivity index (χ2n) is 9.91. The van der Waals surface area contributed by atoms with Crippen molar-refractivity contribution in [2.75, 3.05) is 20.3 Å². The fourth-order valence-electron chi connectivity index (χ4n) is 5.72. The van der Waals surface area contributed by atoms with Crippen LogP contribution in [0.25, 0.3) is 10.9 Å². The van der Waals surface area contributed by atoms with Gasteiger partial charge < -0.3 is 49.7 Å². The van der Waals surface area contributed by atoms with Crippen LogP contribution in [-0.2, 0) is 30.2 Å². The van der Waals surface area contributed by atoms with Crippen molar-refractivity contribution in [3.8, 4) is 0 Å². The van der Waals surface area contributed by atoms with Crippen molar-refractivity contribution in [2.24, 2.45) is 11.8 Å². The van der Waals surface area contributed by atoms with Gasteiger partial charge in [-0.3, -0.25) is 0 Å². The van der Waals surface area contributed by atoms with E-state index in [1.54, 1.807) is 6.08 Å². The van der Waals surface area contributed by atoms with Gasteiger partial charge in [0.15, 0.2) is 6.29 Å². The lowest BCUT2D eigenvalue weighted by Gasteiger charge is -2.40. The first-order valence-electron chi connectivity index (χ1n) is 12.7. The monoisotopic (exact) mass is 530 g/mol. The highest BCUT2D eigenvalue weighted by molar-refractivity contribution is 5.89. The van der Waals surface area contributed by atoms with Gasteiger partial charge in [-0.05, 0) is 31.0 Å². The number of hydrogen-bond acceptors (Lipinski definition) is 10. The summed E-state index contributed by atoms with van der Waals surface area (Å²) in [5.74, 6) is -1.38. The van der Waals surface area contributed by atoms with E-state index < -0.39 is 48.9 Å². The number of aromatic nitrogens is 1. The number of aliphatic hydroxyl groups excluding tert-OH is 4. The van der Waals surface area contributed by atoms with Gasteiger partial charge in [-0.15, -0.1) is 6.58 Å². The lowest BCUT2D eigenvalue weighted by Crippen LogP contribution is -2.59. The second kappa shape index (κ2) is 11.1. The Labute approximate surface area is 219 Å². The first-order chi connectivity index (χ1) is 18.3. The number of aliphatic hydroxyl groups is 4. The molecule has 1 aromatic heterocycles. The van der Waals surface area contributed by atoms with Crippen molar-refractivity contribution in [3.05, 3.63) is 60.0 Å². The van der Waals surface area contributed by atoms with Crippen molar-refractivity contribution in [3.63, 3.8) is 0 Å². The van der Waals surface area contributed by atoms with E-state index in [1.807, 2.05) is 18.2 Å². The lowest BCUT2D eigenvalue weighted by atomic mass is 9.78. The largest absolute Gasteiger partial charge is 0.471 e. The number of ether oxygens (including phenoxy) is 4. The molecule has 6 N–H and O–H groups in total. The Morgan fingerprint density at radius 3 is 2.74 bits per heavy atom. The summed E-state index contributed by atoms with van der Waals surface area (Å²) in [5, 5.41) is 44.6. The number of aromatic amines is 1. The molecule has 11 heteroatoms. The zero-order valence-corrected chi connectivity index (χ0v) is 21.0. The summed E-state index contributed by atoms with van der Waals surface area (Å²) in [5.41, 5.74) is 3.74. The predicted molar refractivity (Wildman–Crippen MR) is 134 cm³/mol. The molecular weight excluding hydrogens is 496 g/mol. The molecular formula is C27H34N2O9. The number of carbonyl (C=O) groups is 1. The van der Waals surface area contributed by atoms with Crippen molar-refractivity contribution in [1.29, 1.82) is 0 Å². The third kappa shape index (κ3) is 4.87. The highest BCUT2D eigenvalue weighted by Crippen LogP contribution is 2.41. The van der Waals surface area contributed by atoms with E-state index in [9.17, 15) is 25.2 Å². The molecule has 0 unspecified atom stereocenters. The van der Waals surface area contributed by atoms with Crippen LogP contribution < -0.4 is 5.32 Å². The number of carbonyl (C=O) groups excluding carboxylic acids is 1. The standard InChI is InChI=1S/C27H34N2O9/c1-3-13-16(10-19-21-15(8-9-28-19)14-6-4-5-7-18(14)29-21)17(25(33)35-2)11-36-27(13)37-12-20-22(30)23(31)24(32)26(34)38-20/h3-7,11,13,16,19-20,22-24,26-32,34H,1,8-10,12H2,2H3/t13-,16-,19+,20-,22-,23+,24-,26-,27+/m0/s1. The maximum absolute atomic E-state index is 12.7. The molecule has 9 atom stereocenters. The highest BCUT2D eigenvalue weighted by atomic mass is 16.7. The van der Waals surface area contributed by atoms with Crippen LogP contribution in [0.5, 0.6) is 0 Å². The smallest absolute Gasteiger partial charge is 0.337 e. The summed E-state index contributed by atoms with van der Waals surface area (Å²) in [7, 11) is 1.31. The normalized spacial score (nSPS) is 35.2. The third-order valence-electron chi connectivity index (χ3n) is 7.76. The minimum absolute atomic E-state index is 0.0827. The van der Waals surface area contributed by atoms with Crippen molar-refractivity contribution in [2.45, 2.75) is 55.9 Å². The van der Waals surface area contributed by atoms with Gasteiger partial charge in [0, 0.05) is 34.5 Å².